The van der Waals surface area contributed by atoms with Gasteiger partial charge in [-0.15, -0.1) is 0 Å². The topological polar surface area (TPSA) is 86.8 Å². The maximum Gasteiger partial charge on any atom is 0.244 e. The lowest BCUT2D eigenvalue weighted by atomic mass is 10.1. The summed E-state index contributed by atoms with van der Waals surface area (Å²) in [5.74, 6) is -0.806. The molecule has 1 N–H and O–H groups in total. The van der Waals surface area contributed by atoms with Crippen molar-refractivity contribution in [2.24, 2.45) is 0 Å². The van der Waals surface area contributed by atoms with Gasteiger partial charge in [0.1, 0.15) is 12.6 Å². The van der Waals surface area contributed by atoms with Crippen molar-refractivity contribution in [3.63, 3.8) is 0 Å². The summed E-state index contributed by atoms with van der Waals surface area (Å²) in [7, 11) is -3.82. The molecular weight excluding hydrogens is 542 g/mol. The van der Waals surface area contributed by atoms with E-state index >= 15 is 0 Å². The van der Waals surface area contributed by atoms with E-state index in [1.54, 1.807) is 32.0 Å². The Balaban J connectivity index is 2.43. The quantitative estimate of drug-likeness (QED) is 0.454. The summed E-state index contributed by atoms with van der Waals surface area (Å²) < 4.78 is 27.2. The van der Waals surface area contributed by atoms with Crippen molar-refractivity contribution in [1.29, 1.82) is 0 Å². The van der Waals surface area contributed by atoms with E-state index < -0.39 is 28.5 Å². The normalized spacial score (nSPS) is 13.1. The predicted octanol–water partition coefficient (Wildman–Crippen LogP) is 4.51. The summed E-state index contributed by atoms with van der Waals surface area (Å²) in [6.07, 6.45) is 1.78. The maximum atomic E-state index is 13.6. The number of nitrogens with zero attached hydrogens (tertiary/aromatic N) is 2. The van der Waals surface area contributed by atoms with E-state index in [4.69, 9.17) is 11.6 Å². The number of benzene rings is 2. The van der Waals surface area contributed by atoms with Gasteiger partial charge in [-0.2, -0.15) is 0 Å². The molecule has 2 amide bonds. The molecule has 10 heteroatoms. The highest BCUT2D eigenvalue weighted by molar-refractivity contribution is 9.10. The molecule has 0 aromatic heterocycles. The molecule has 0 saturated heterocycles. The first-order chi connectivity index (χ1) is 15.8. The van der Waals surface area contributed by atoms with E-state index in [-0.39, 0.29) is 18.5 Å². The van der Waals surface area contributed by atoms with Gasteiger partial charge in [-0.25, -0.2) is 8.42 Å². The molecule has 0 aliphatic heterocycles. The predicted molar refractivity (Wildman–Crippen MR) is 140 cm³/mol. The Bertz CT molecular complexity index is 1140. The zero-order chi connectivity index (χ0) is 25.6. The van der Waals surface area contributed by atoms with Crippen LogP contribution in [0.15, 0.2) is 46.9 Å². The summed E-state index contributed by atoms with van der Waals surface area (Å²) in [6.45, 7) is 6.86. The highest BCUT2D eigenvalue weighted by atomic mass is 79.9. The lowest BCUT2D eigenvalue weighted by Crippen LogP contribution is -2.52. The third-order valence-electron chi connectivity index (χ3n) is 5.60. The minimum Gasteiger partial charge on any atom is -0.352 e. The summed E-state index contributed by atoms with van der Waals surface area (Å²) in [6, 6.07) is 11.4. The first-order valence-electron chi connectivity index (χ1n) is 10.9. The Labute approximate surface area is 215 Å². The fourth-order valence-corrected chi connectivity index (χ4v) is 4.86. The molecule has 34 heavy (non-hydrogen) atoms. The van der Waals surface area contributed by atoms with E-state index in [0.29, 0.717) is 16.3 Å². The largest absolute Gasteiger partial charge is 0.352 e. The van der Waals surface area contributed by atoms with Crippen molar-refractivity contribution in [1.82, 2.24) is 10.2 Å². The summed E-state index contributed by atoms with van der Waals surface area (Å²) in [5, 5.41) is 3.30. The highest BCUT2D eigenvalue weighted by Crippen LogP contribution is 2.28. The van der Waals surface area contributed by atoms with Crippen LogP contribution in [0.1, 0.15) is 38.3 Å². The molecule has 0 aliphatic carbocycles. The molecular formula is C24H31BrClN3O4S. The molecule has 0 aliphatic rings. The first-order valence-corrected chi connectivity index (χ1v) is 13.9. The SMILES string of the molecule is CC[C@H](C)NC(=O)[C@@H](C)N(Cc1cccc(Br)c1)C(=O)CN(c1cccc(Cl)c1C)S(C)(=O)=O. The number of carbonyl (C=O) groups excluding carboxylic acids is 2. The zero-order valence-electron chi connectivity index (χ0n) is 20.0. The van der Waals surface area contributed by atoms with Crippen molar-refractivity contribution in [2.75, 3.05) is 17.1 Å². The number of amides is 2. The van der Waals surface area contributed by atoms with Gasteiger partial charge in [0.25, 0.3) is 0 Å². The molecule has 0 bridgehead atoms. The maximum absolute atomic E-state index is 13.6. The van der Waals surface area contributed by atoms with Crippen molar-refractivity contribution in [2.45, 2.75) is 52.7 Å². The number of hydrogen-bond acceptors (Lipinski definition) is 4. The van der Waals surface area contributed by atoms with Crippen molar-refractivity contribution < 1.29 is 18.0 Å². The Morgan fingerprint density at radius 1 is 1.15 bits per heavy atom. The van der Waals surface area contributed by atoms with Crippen LogP contribution in [-0.4, -0.2) is 50.0 Å². The zero-order valence-corrected chi connectivity index (χ0v) is 23.2. The van der Waals surface area contributed by atoms with Crippen LogP contribution >= 0.6 is 27.5 Å². The molecule has 0 radical (unpaired) electrons. The molecule has 0 spiro atoms. The molecule has 0 unspecified atom stereocenters. The van der Waals surface area contributed by atoms with Crippen molar-refractivity contribution >= 4 is 55.1 Å². The van der Waals surface area contributed by atoms with Crippen LogP contribution in [0.4, 0.5) is 5.69 Å². The number of rotatable bonds is 10. The van der Waals surface area contributed by atoms with Crippen LogP contribution < -0.4 is 9.62 Å². The van der Waals surface area contributed by atoms with E-state index in [1.165, 1.54) is 4.90 Å². The second-order valence-electron chi connectivity index (χ2n) is 8.30. The van der Waals surface area contributed by atoms with Gasteiger partial charge < -0.3 is 10.2 Å². The molecule has 0 fully saturated rings. The summed E-state index contributed by atoms with van der Waals surface area (Å²) in [5.41, 5.74) is 1.67. The molecule has 2 rings (SSSR count). The Morgan fingerprint density at radius 3 is 2.38 bits per heavy atom. The molecule has 186 valence electrons. The summed E-state index contributed by atoms with van der Waals surface area (Å²) >= 11 is 9.64. The van der Waals surface area contributed by atoms with Gasteiger partial charge in [0.15, 0.2) is 0 Å². The van der Waals surface area contributed by atoms with E-state index in [9.17, 15) is 18.0 Å². The lowest BCUT2D eigenvalue weighted by Gasteiger charge is -2.32. The van der Waals surface area contributed by atoms with Gasteiger partial charge in [-0.1, -0.05) is 52.7 Å². The average molecular weight is 573 g/mol. The second kappa shape index (κ2) is 12.0. The van der Waals surface area contributed by atoms with E-state index in [2.05, 4.69) is 21.2 Å². The van der Waals surface area contributed by atoms with Gasteiger partial charge in [0.05, 0.1) is 11.9 Å². The second-order valence-corrected chi connectivity index (χ2v) is 11.5. The molecule has 0 saturated carbocycles. The number of sulfonamides is 1. The van der Waals surface area contributed by atoms with Crippen LogP contribution in [0.2, 0.25) is 5.02 Å². The number of carbonyl (C=O) groups is 2. The molecule has 7 nitrogen and oxygen atoms in total. The van der Waals surface area contributed by atoms with Gasteiger partial charge in [-0.05, 0) is 62.6 Å². The smallest absolute Gasteiger partial charge is 0.244 e. The monoisotopic (exact) mass is 571 g/mol. The van der Waals surface area contributed by atoms with E-state index in [0.717, 1.165) is 27.0 Å². The Kier molecular flexibility index (Phi) is 9.96. The highest BCUT2D eigenvalue weighted by Gasteiger charge is 2.31. The van der Waals surface area contributed by atoms with Crippen LogP contribution in [0.5, 0.6) is 0 Å². The third kappa shape index (κ3) is 7.45. The average Bonchev–Trinajstić information content (AvgIpc) is 2.76. The Hall–Kier alpha value is -2.10. The summed E-state index contributed by atoms with van der Waals surface area (Å²) in [4.78, 5) is 27.9. The minimum atomic E-state index is -3.82. The van der Waals surface area contributed by atoms with Crippen LogP contribution in [0.3, 0.4) is 0 Å². The van der Waals surface area contributed by atoms with Gasteiger partial charge in [0.2, 0.25) is 21.8 Å². The fraction of sp³-hybridized carbons (Fsp3) is 0.417. The van der Waals surface area contributed by atoms with Gasteiger partial charge in [-0.3, -0.25) is 13.9 Å². The van der Waals surface area contributed by atoms with Crippen LogP contribution in [0, 0.1) is 6.92 Å². The number of nitrogens with one attached hydrogen (secondary N) is 1. The first kappa shape index (κ1) is 28.1. The van der Waals surface area contributed by atoms with Crippen LogP contribution in [-0.2, 0) is 26.2 Å². The lowest BCUT2D eigenvalue weighted by molar-refractivity contribution is -0.139. The molecule has 2 aromatic carbocycles. The standard InChI is InChI=1S/C24H31BrClN3O4S/c1-6-16(2)27-24(31)18(4)28(14-19-9-7-10-20(25)13-19)23(30)15-29(34(5,32)33)22-12-8-11-21(26)17(22)3/h7-13,16,18H,6,14-15H2,1-5H3,(H,27,31)/t16-,18+/m0/s1. The molecule has 2 aromatic rings. The molecule has 0 heterocycles. The fourth-order valence-electron chi connectivity index (χ4n) is 3.34. The van der Waals surface area contributed by atoms with Gasteiger partial charge >= 0.3 is 0 Å². The van der Waals surface area contributed by atoms with Crippen LogP contribution in [0.25, 0.3) is 0 Å². The molecule has 2 atom stereocenters. The van der Waals surface area contributed by atoms with Crippen molar-refractivity contribution in [3.05, 3.63) is 63.1 Å². The number of hydrogen-bond donors (Lipinski definition) is 1. The number of halogens is 2. The Morgan fingerprint density at radius 2 is 1.79 bits per heavy atom. The van der Waals surface area contributed by atoms with Gasteiger partial charge in [0, 0.05) is 22.1 Å². The van der Waals surface area contributed by atoms with Crippen molar-refractivity contribution in [3.8, 4) is 0 Å². The minimum absolute atomic E-state index is 0.0561. The third-order valence-corrected chi connectivity index (χ3v) is 7.63. The van der Waals surface area contributed by atoms with E-state index in [1.807, 2.05) is 38.1 Å². The number of anilines is 1.